The summed E-state index contributed by atoms with van der Waals surface area (Å²) >= 11 is 1.47. The second kappa shape index (κ2) is 10.8. The lowest BCUT2D eigenvalue weighted by molar-refractivity contribution is -0.139. The van der Waals surface area contributed by atoms with Gasteiger partial charge in [-0.05, 0) is 31.2 Å². The smallest absolute Gasteiger partial charge is 0.341 e. The average Bonchev–Trinajstić information content (AvgIpc) is 3.56. The van der Waals surface area contributed by atoms with E-state index in [9.17, 15) is 14.4 Å². The van der Waals surface area contributed by atoms with Crippen molar-refractivity contribution in [3.8, 4) is 5.75 Å². The summed E-state index contributed by atoms with van der Waals surface area (Å²) in [5.74, 6) is -0.411. The molecule has 1 aromatic heterocycles. The molecule has 3 aliphatic rings. The van der Waals surface area contributed by atoms with Crippen LogP contribution in [0.15, 0.2) is 52.1 Å². The standard InChI is InChI=1S/C25H28N6O6S/c1-15-21(24(34)36-2)19(28-22(27-15)23-26-7-10-38-23)13-29-8-9-30-17(11-29)12-31(25(30)35)16-3-5-18(6-4-16)37-14-20(32)33/h3-7,10,15,17H,8-9,11-14H2,1-2H3,(H,27,28)(H,32,33)/t15-,17-/m0/s1. The number of aromatic nitrogens is 1. The Morgan fingerprint density at radius 2 is 2.00 bits per heavy atom. The lowest BCUT2D eigenvalue weighted by Gasteiger charge is -2.37. The number of anilines is 1. The number of nitrogens with zero attached hydrogens (tertiary/aromatic N) is 5. The molecule has 5 rings (SSSR count). The van der Waals surface area contributed by atoms with Gasteiger partial charge in [0, 0.05) is 55.7 Å². The Kier molecular flexibility index (Phi) is 7.29. The topological polar surface area (TPSA) is 137 Å². The molecule has 0 spiro atoms. The van der Waals surface area contributed by atoms with Gasteiger partial charge in [-0.25, -0.2) is 19.4 Å². The van der Waals surface area contributed by atoms with Gasteiger partial charge in [0.2, 0.25) is 0 Å². The minimum absolute atomic E-state index is 0.0190. The highest BCUT2D eigenvalue weighted by Gasteiger charge is 2.42. The number of hydrogen-bond acceptors (Lipinski definition) is 10. The molecule has 0 saturated carbocycles. The highest BCUT2D eigenvalue weighted by molar-refractivity contribution is 7.11. The molecule has 0 aliphatic carbocycles. The van der Waals surface area contributed by atoms with E-state index in [4.69, 9.17) is 14.6 Å². The number of aliphatic carboxylic acids is 1. The maximum Gasteiger partial charge on any atom is 0.341 e. The second-order valence-electron chi connectivity index (χ2n) is 9.15. The number of carboxylic acids is 1. The van der Waals surface area contributed by atoms with E-state index in [-0.39, 0.29) is 18.1 Å². The number of esters is 1. The van der Waals surface area contributed by atoms with Gasteiger partial charge in [-0.15, -0.1) is 11.3 Å². The third-order valence-electron chi connectivity index (χ3n) is 6.70. The zero-order chi connectivity index (χ0) is 26.8. The first-order chi connectivity index (χ1) is 18.3. The van der Waals surface area contributed by atoms with Crippen LogP contribution >= 0.6 is 11.3 Å². The van der Waals surface area contributed by atoms with E-state index in [2.05, 4.69) is 20.2 Å². The molecule has 200 valence electrons. The van der Waals surface area contributed by atoms with Crippen molar-refractivity contribution in [2.24, 2.45) is 4.99 Å². The number of urea groups is 1. The zero-order valence-electron chi connectivity index (χ0n) is 21.0. The number of methoxy groups -OCH3 is 1. The third kappa shape index (κ3) is 5.20. The number of carbonyl (C=O) groups excluding carboxylic acids is 2. The molecular weight excluding hydrogens is 512 g/mol. The molecule has 2 N–H and O–H groups in total. The van der Waals surface area contributed by atoms with Crippen LogP contribution in [0.25, 0.3) is 0 Å². The zero-order valence-corrected chi connectivity index (χ0v) is 21.8. The molecule has 3 aliphatic heterocycles. The molecule has 2 fully saturated rings. The fourth-order valence-electron chi connectivity index (χ4n) is 4.95. The lowest BCUT2D eigenvalue weighted by Crippen LogP contribution is -2.53. The number of carbonyl (C=O) groups is 3. The number of hydrogen-bond donors (Lipinski definition) is 2. The number of carboxylic acid groups (broad SMARTS) is 1. The molecule has 13 heteroatoms. The summed E-state index contributed by atoms with van der Waals surface area (Å²) in [7, 11) is 1.36. The number of benzene rings is 1. The van der Waals surface area contributed by atoms with Gasteiger partial charge in [-0.1, -0.05) is 0 Å². The van der Waals surface area contributed by atoms with Crippen molar-refractivity contribution in [3.05, 3.63) is 52.1 Å². The molecule has 4 heterocycles. The van der Waals surface area contributed by atoms with Gasteiger partial charge in [0.15, 0.2) is 17.5 Å². The maximum atomic E-state index is 13.2. The molecule has 1 aromatic carbocycles. The van der Waals surface area contributed by atoms with E-state index in [0.29, 0.717) is 49.9 Å². The molecule has 2 amide bonds. The number of piperazine rings is 1. The van der Waals surface area contributed by atoms with E-state index in [0.717, 1.165) is 16.4 Å². The van der Waals surface area contributed by atoms with Gasteiger partial charge in [0.1, 0.15) is 5.75 Å². The first kappa shape index (κ1) is 25.7. The third-order valence-corrected chi connectivity index (χ3v) is 7.48. The largest absolute Gasteiger partial charge is 0.482 e. The number of ether oxygens (including phenoxy) is 2. The molecule has 2 saturated heterocycles. The van der Waals surface area contributed by atoms with E-state index >= 15 is 0 Å². The molecule has 12 nitrogen and oxygen atoms in total. The monoisotopic (exact) mass is 540 g/mol. The van der Waals surface area contributed by atoms with Gasteiger partial charge in [0.25, 0.3) is 0 Å². The van der Waals surface area contributed by atoms with Gasteiger partial charge in [-0.2, -0.15) is 0 Å². The van der Waals surface area contributed by atoms with Crippen LogP contribution in [0.4, 0.5) is 10.5 Å². The van der Waals surface area contributed by atoms with Crippen LogP contribution in [0, 0.1) is 0 Å². The number of fused-ring (bicyclic) bond motifs is 1. The molecule has 2 aromatic rings. The SMILES string of the molecule is COC(=O)C1=C(CN2CCN3C(=O)N(c4ccc(OCC(=O)O)cc4)C[C@@H]3C2)NC(c2nccs2)=N[C@H]1C. The second-order valence-corrected chi connectivity index (χ2v) is 10.0. The molecule has 0 bridgehead atoms. The Morgan fingerprint density at radius 1 is 1.21 bits per heavy atom. The predicted octanol–water partition coefficient (Wildman–Crippen LogP) is 1.40. The molecule has 38 heavy (non-hydrogen) atoms. The number of aliphatic imine (C=N–C) groups is 1. The summed E-state index contributed by atoms with van der Waals surface area (Å²) in [5.41, 5.74) is 1.95. The number of nitrogens with one attached hydrogen (secondary N) is 1. The fourth-order valence-corrected chi connectivity index (χ4v) is 5.54. The fraction of sp³-hybridized carbons (Fsp3) is 0.400. The lowest BCUT2D eigenvalue weighted by atomic mass is 10.0. The average molecular weight is 541 g/mol. The summed E-state index contributed by atoms with van der Waals surface area (Å²) in [6.45, 7) is 4.28. The summed E-state index contributed by atoms with van der Waals surface area (Å²) in [6.07, 6.45) is 1.72. The van der Waals surface area contributed by atoms with Crippen molar-refractivity contribution in [3.63, 3.8) is 0 Å². The van der Waals surface area contributed by atoms with Gasteiger partial charge in [-0.3, -0.25) is 14.8 Å². The van der Waals surface area contributed by atoms with Crippen molar-refractivity contribution in [1.29, 1.82) is 0 Å². The molecule has 2 atom stereocenters. The summed E-state index contributed by atoms with van der Waals surface area (Å²) in [4.78, 5) is 51.3. The van der Waals surface area contributed by atoms with Gasteiger partial charge < -0.3 is 24.8 Å². The highest BCUT2D eigenvalue weighted by atomic mass is 32.1. The van der Waals surface area contributed by atoms with Crippen LogP contribution in [0.2, 0.25) is 0 Å². The Morgan fingerprint density at radius 3 is 2.68 bits per heavy atom. The van der Waals surface area contributed by atoms with Crippen molar-refractivity contribution >= 4 is 40.8 Å². The van der Waals surface area contributed by atoms with Crippen LogP contribution in [-0.4, -0.2) is 102 Å². The Bertz CT molecular complexity index is 1280. The van der Waals surface area contributed by atoms with Gasteiger partial charge >= 0.3 is 18.0 Å². The molecular formula is C25H28N6O6S. The van der Waals surface area contributed by atoms with E-state index < -0.39 is 18.5 Å². The van der Waals surface area contributed by atoms with Crippen LogP contribution in [0.5, 0.6) is 5.75 Å². The number of amidine groups is 1. The minimum atomic E-state index is -1.05. The molecule has 0 unspecified atom stereocenters. The van der Waals surface area contributed by atoms with Crippen LogP contribution in [-0.2, 0) is 14.3 Å². The maximum absolute atomic E-state index is 13.2. The van der Waals surface area contributed by atoms with Crippen molar-refractivity contribution in [2.75, 3.05) is 51.3 Å². The van der Waals surface area contributed by atoms with Crippen LogP contribution in [0.3, 0.4) is 0 Å². The first-order valence-electron chi connectivity index (χ1n) is 12.1. The number of rotatable bonds is 8. The van der Waals surface area contributed by atoms with Crippen LogP contribution in [0.1, 0.15) is 11.9 Å². The first-order valence-corrected chi connectivity index (χ1v) is 13.0. The number of thiazole rings is 1. The van der Waals surface area contributed by atoms with Crippen LogP contribution < -0.4 is 15.0 Å². The Hall–Kier alpha value is -3.97. The quantitative estimate of drug-likeness (QED) is 0.476. The Labute approximate surface area is 223 Å². The van der Waals surface area contributed by atoms with Gasteiger partial charge in [0.05, 0.1) is 24.8 Å². The van der Waals surface area contributed by atoms with E-state index in [1.165, 1.54) is 18.4 Å². The number of amides is 2. The molecule has 0 radical (unpaired) electrons. The summed E-state index contributed by atoms with van der Waals surface area (Å²) < 4.78 is 10.2. The van der Waals surface area contributed by atoms with Crippen molar-refractivity contribution in [1.82, 2.24) is 20.1 Å². The highest BCUT2D eigenvalue weighted by Crippen LogP contribution is 2.29. The van der Waals surface area contributed by atoms with Crippen molar-refractivity contribution in [2.45, 2.75) is 19.0 Å². The van der Waals surface area contributed by atoms with E-state index in [1.807, 2.05) is 17.2 Å². The predicted molar refractivity (Wildman–Crippen MR) is 140 cm³/mol. The minimum Gasteiger partial charge on any atom is -0.482 e. The normalized spacial score (nSPS) is 21.6. The van der Waals surface area contributed by atoms with Crippen molar-refractivity contribution < 1.29 is 29.0 Å². The summed E-state index contributed by atoms with van der Waals surface area (Å²) in [5, 5.41) is 14.7. The summed E-state index contributed by atoms with van der Waals surface area (Å²) in [6, 6.07) is 6.36. The van der Waals surface area contributed by atoms with E-state index in [1.54, 1.807) is 35.4 Å². The Balaban J connectivity index is 1.28.